The molecule has 0 amide bonds. The Morgan fingerprint density at radius 3 is 2.48 bits per heavy atom. The molecular formula is C19H21ClN2S. The van der Waals surface area contributed by atoms with Crippen molar-refractivity contribution in [2.75, 3.05) is 5.32 Å². The molecule has 0 fully saturated rings. The standard InChI is InChI=1S/C19H21ClN2S/c1-13(15-7-6-14-4-2-3-5-16(14)12-15)21-19(23)22-18-10-8-17(20)9-11-18/h6-13H,2-5H2,1H3,(H2,21,22,23). The summed E-state index contributed by atoms with van der Waals surface area (Å²) in [6.07, 6.45) is 5.03. The zero-order valence-corrected chi connectivity index (χ0v) is 14.8. The number of aryl methyl sites for hydroxylation is 2. The second-order valence-electron chi connectivity index (χ2n) is 6.06. The summed E-state index contributed by atoms with van der Waals surface area (Å²) in [7, 11) is 0. The molecule has 2 aromatic rings. The van der Waals surface area contributed by atoms with E-state index in [4.69, 9.17) is 23.8 Å². The van der Waals surface area contributed by atoms with Crippen LogP contribution in [0.4, 0.5) is 5.69 Å². The third-order valence-corrected chi connectivity index (χ3v) is 4.79. The number of anilines is 1. The molecule has 4 heteroatoms. The summed E-state index contributed by atoms with van der Waals surface area (Å²) in [5, 5.41) is 7.89. The molecule has 1 atom stereocenters. The number of benzene rings is 2. The molecular weight excluding hydrogens is 324 g/mol. The van der Waals surface area contributed by atoms with E-state index in [0.717, 1.165) is 10.7 Å². The summed E-state index contributed by atoms with van der Waals surface area (Å²) in [6, 6.07) is 14.5. The first kappa shape index (κ1) is 16.3. The van der Waals surface area contributed by atoms with E-state index in [-0.39, 0.29) is 6.04 Å². The summed E-state index contributed by atoms with van der Waals surface area (Å²) >= 11 is 11.3. The highest BCUT2D eigenvalue weighted by atomic mass is 35.5. The topological polar surface area (TPSA) is 24.1 Å². The molecule has 0 spiro atoms. The van der Waals surface area contributed by atoms with E-state index in [1.165, 1.54) is 42.4 Å². The SMILES string of the molecule is CC(NC(=S)Nc1ccc(Cl)cc1)c1ccc2c(c1)CCCC2. The van der Waals surface area contributed by atoms with E-state index in [9.17, 15) is 0 Å². The number of fused-ring (bicyclic) bond motifs is 1. The number of thiocarbonyl (C=S) groups is 1. The van der Waals surface area contributed by atoms with Crippen LogP contribution in [-0.4, -0.2) is 5.11 Å². The molecule has 0 aliphatic heterocycles. The number of hydrogen-bond donors (Lipinski definition) is 2. The number of nitrogens with one attached hydrogen (secondary N) is 2. The van der Waals surface area contributed by atoms with Crippen molar-refractivity contribution >= 4 is 34.6 Å². The lowest BCUT2D eigenvalue weighted by Crippen LogP contribution is -2.31. The summed E-state index contributed by atoms with van der Waals surface area (Å²) in [5.74, 6) is 0. The van der Waals surface area contributed by atoms with Crippen molar-refractivity contribution in [3.05, 3.63) is 64.2 Å². The van der Waals surface area contributed by atoms with Gasteiger partial charge in [0.1, 0.15) is 0 Å². The van der Waals surface area contributed by atoms with Gasteiger partial charge < -0.3 is 10.6 Å². The molecule has 0 radical (unpaired) electrons. The van der Waals surface area contributed by atoms with Gasteiger partial charge in [-0.15, -0.1) is 0 Å². The largest absolute Gasteiger partial charge is 0.356 e. The Hall–Kier alpha value is -1.58. The van der Waals surface area contributed by atoms with Gasteiger partial charge in [0.2, 0.25) is 0 Å². The van der Waals surface area contributed by atoms with Crippen LogP contribution in [0.5, 0.6) is 0 Å². The van der Waals surface area contributed by atoms with Crippen molar-refractivity contribution < 1.29 is 0 Å². The molecule has 2 N–H and O–H groups in total. The van der Waals surface area contributed by atoms with Gasteiger partial charge >= 0.3 is 0 Å². The first-order chi connectivity index (χ1) is 11.1. The minimum absolute atomic E-state index is 0.175. The lowest BCUT2D eigenvalue weighted by molar-refractivity contribution is 0.675. The average Bonchev–Trinajstić information content (AvgIpc) is 2.56. The summed E-state index contributed by atoms with van der Waals surface area (Å²) in [5.41, 5.74) is 5.23. The minimum atomic E-state index is 0.175. The Morgan fingerprint density at radius 1 is 1.04 bits per heavy atom. The van der Waals surface area contributed by atoms with Crippen molar-refractivity contribution in [1.82, 2.24) is 5.32 Å². The number of rotatable bonds is 3. The van der Waals surface area contributed by atoms with Crippen LogP contribution < -0.4 is 10.6 Å². The Labute approximate surface area is 148 Å². The first-order valence-corrected chi connectivity index (χ1v) is 8.85. The maximum atomic E-state index is 5.89. The fourth-order valence-corrected chi connectivity index (χ4v) is 3.42. The Balaban J connectivity index is 1.63. The molecule has 2 aromatic carbocycles. The quantitative estimate of drug-likeness (QED) is 0.742. The molecule has 1 aliphatic carbocycles. The monoisotopic (exact) mass is 344 g/mol. The fourth-order valence-electron chi connectivity index (χ4n) is 3.00. The van der Waals surface area contributed by atoms with Gasteiger partial charge in [0, 0.05) is 10.7 Å². The van der Waals surface area contributed by atoms with Gasteiger partial charge in [0.05, 0.1) is 6.04 Å². The second-order valence-corrected chi connectivity index (χ2v) is 6.91. The summed E-state index contributed by atoms with van der Waals surface area (Å²) in [4.78, 5) is 0. The molecule has 0 heterocycles. The molecule has 0 bridgehead atoms. The highest BCUT2D eigenvalue weighted by Crippen LogP contribution is 2.24. The Morgan fingerprint density at radius 2 is 1.74 bits per heavy atom. The van der Waals surface area contributed by atoms with Crippen LogP contribution in [0.15, 0.2) is 42.5 Å². The molecule has 0 saturated heterocycles. The molecule has 23 heavy (non-hydrogen) atoms. The third-order valence-electron chi connectivity index (χ3n) is 4.32. The Kier molecular flexibility index (Phi) is 5.19. The summed E-state index contributed by atoms with van der Waals surface area (Å²) in [6.45, 7) is 2.14. The highest BCUT2D eigenvalue weighted by Gasteiger charge is 2.13. The molecule has 3 rings (SSSR count). The predicted molar refractivity (Wildman–Crippen MR) is 102 cm³/mol. The maximum absolute atomic E-state index is 5.89. The highest BCUT2D eigenvalue weighted by molar-refractivity contribution is 7.80. The normalized spacial score (nSPS) is 14.7. The van der Waals surface area contributed by atoms with Crippen molar-refractivity contribution in [3.8, 4) is 0 Å². The lowest BCUT2D eigenvalue weighted by atomic mass is 9.89. The minimum Gasteiger partial charge on any atom is -0.356 e. The number of halogens is 1. The van der Waals surface area contributed by atoms with Crippen LogP contribution in [0.3, 0.4) is 0 Å². The van der Waals surface area contributed by atoms with E-state index in [1.54, 1.807) is 0 Å². The van der Waals surface area contributed by atoms with Gasteiger partial charge in [0.25, 0.3) is 0 Å². The zero-order chi connectivity index (χ0) is 16.2. The summed E-state index contributed by atoms with van der Waals surface area (Å²) < 4.78 is 0. The average molecular weight is 345 g/mol. The lowest BCUT2D eigenvalue weighted by Gasteiger charge is -2.21. The molecule has 1 unspecified atom stereocenters. The van der Waals surface area contributed by atoms with Crippen LogP contribution in [0.2, 0.25) is 5.02 Å². The third kappa shape index (κ3) is 4.24. The van der Waals surface area contributed by atoms with Crippen molar-refractivity contribution in [2.24, 2.45) is 0 Å². The van der Waals surface area contributed by atoms with Gasteiger partial charge in [-0.25, -0.2) is 0 Å². The van der Waals surface area contributed by atoms with Gasteiger partial charge in [-0.05, 0) is 85.8 Å². The first-order valence-electron chi connectivity index (χ1n) is 8.06. The second kappa shape index (κ2) is 7.33. The van der Waals surface area contributed by atoms with E-state index in [0.29, 0.717) is 5.11 Å². The Bertz CT molecular complexity index is 697. The zero-order valence-electron chi connectivity index (χ0n) is 13.2. The van der Waals surface area contributed by atoms with Crippen LogP contribution >= 0.6 is 23.8 Å². The molecule has 1 aliphatic rings. The van der Waals surface area contributed by atoms with Crippen LogP contribution in [0.25, 0.3) is 0 Å². The van der Waals surface area contributed by atoms with Crippen LogP contribution in [0.1, 0.15) is 42.5 Å². The van der Waals surface area contributed by atoms with Crippen LogP contribution in [0, 0.1) is 0 Å². The van der Waals surface area contributed by atoms with Crippen molar-refractivity contribution in [3.63, 3.8) is 0 Å². The van der Waals surface area contributed by atoms with Gasteiger partial charge in [0.15, 0.2) is 5.11 Å². The van der Waals surface area contributed by atoms with Gasteiger partial charge in [-0.3, -0.25) is 0 Å². The number of hydrogen-bond acceptors (Lipinski definition) is 1. The van der Waals surface area contributed by atoms with Crippen molar-refractivity contribution in [1.29, 1.82) is 0 Å². The predicted octanol–water partition coefficient (Wildman–Crippen LogP) is 5.27. The van der Waals surface area contributed by atoms with E-state index < -0.39 is 0 Å². The van der Waals surface area contributed by atoms with E-state index in [2.05, 4.69) is 35.8 Å². The van der Waals surface area contributed by atoms with Crippen molar-refractivity contribution in [2.45, 2.75) is 38.6 Å². The smallest absolute Gasteiger partial charge is 0.171 e. The van der Waals surface area contributed by atoms with E-state index in [1.807, 2.05) is 24.3 Å². The molecule has 2 nitrogen and oxygen atoms in total. The fraction of sp³-hybridized carbons (Fsp3) is 0.316. The van der Waals surface area contributed by atoms with Gasteiger partial charge in [-0.2, -0.15) is 0 Å². The van der Waals surface area contributed by atoms with Gasteiger partial charge in [-0.1, -0.05) is 29.8 Å². The molecule has 0 aromatic heterocycles. The van der Waals surface area contributed by atoms with E-state index >= 15 is 0 Å². The molecule has 0 saturated carbocycles. The van der Waals surface area contributed by atoms with Crippen LogP contribution in [-0.2, 0) is 12.8 Å². The maximum Gasteiger partial charge on any atom is 0.171 e. The molecule has 120 valence electrons.